The minimum Gasteiger partial charge on any atom is -0.350 e. The molecule has 0 amide bonds. The monoisotopic (exact) mass is 280 g/mol. The molecule has 0 bridgehead atoms. The van der Waals surface area contributed by atoms with Crippen molar-refractivity contribution in [3.05, 3.63) is 18.1 Å². The highest BCUT2D eigenvalue weighted by atomic mass is 35.5. The normalized spacial score (nSPS) is 28.2. The third-order valence-electron chi connectivity index (χ3n) is 4.31. The number of piperazine rings is 1. The van der Waals surface area contributed by atoms with E-state index in [-0.39, 0.29) is 0 Å². The van der Waals surface area contributed by atoms with E-state index >= 15 is 0 Å². The molecule has 2 aliphatic heterocycles. The smallest absolute Gasteiger partial charge is 0.147 e. The highest BCUT2D eigenvalue weighted by Crippen LogP contribution is 2.26. The van der Waals surface area contributed by atoms with Crippen molar-refractivity contribution in [3.8, 4) is 0 Å². The minimum atomic E-state index is 0.430. The SMILES string of the molecule is CC1CN2CCCCC2CN1c1cnc(CCl)cn1. The van der Waals surface area contributed by atoms with Gasteiger partial charge in [0, 0.05) is 25.2 Å². The number of piperidine rings is 1. The molecule has 2 fully saturated rings. The maximum absolute atomic E-state index is 5.76. The van der Waals surface area contributed by atoms with Crippen LogP contribution in [0, 0.1) is 0 Å². The third-order valence-corrected chi connectivity index (χ3v) is 4.58. The van der Waals surface area contributed by atoms with Crippen LogP contribution in [-0.2, 0) is 5.88 Å². The summed E-state index contributed by atoms with van der Waals surface area (Å²) in [4.78, 5) is 13.9. The summed E-state index contributed by atoms with van der Waals surface area (Å²) in [7, 11) is 0. The van der Waals surface area contributed by atoms with Crippen LogP contribution >= 0.6 is 11.6 Å². The molecule has 0 N–H and O–H groups in total. The molecule has 2 aliphatic rings. The molecule has 2 saturated heterocycles. The quantitative estimate of drug-likeness (QED) is 0.778. The first kappa shape index (κ1) is 13.1. The number of alkyl halides is 1. The zero-order valence-corrected chi connectivity index (χ0v) is 12.2. The molecule has 0 aromatic carbocycles. The van der Waals surface area contributed by atoms with Crippen molar-refractivity contribution in [2.45, 2.75) is 44.1 Å². The average Bonchev–Trinajstić information content (AvgIpc) is 2.47. The molecule has 1 aromatic rings. The zero-order valence-electron chi connectivity index (χ0n) is 11.4. The number of hydrogen-bond donors (Lipinski definition) is 0. The predicted molar refractivity (Wildman–Crippen MR) is 77.6 cm³/mol. The molecule has 1 aromatic heterocycles. The zero-order chi connectivity index (χ0) is 13.2. The molecule has 0 spiro atoms. The van der Waals surface area contributed by atoms with E-state index in [1.807, 2.05) is 6.20 Å². The second kappa shape index (κ2) is 5.63. The molecular formula is C14H21ClN4. The second-order valence-electron chi connectivity index (χ2n) is 5.65. The van der Waals surface area contributed by atoms with Crippen LogP contribution in [0.5, 0.6) is 0 Å². The van der Waals surface area contributed by atoms with Crippen molar-refractivity contribution in [1.82, 2.24) is 14.9 Å². The maximum atomic E-state index is 5.76. The Morgan fingerprint density at radius 2 is 2.16 bits per heavy atom. The number of fused-ring (bicyclic) bond motifs is 1. The third kappa shape index (κ3) is 2.70. The fourth-order valence-corrected chi connectivity index (χ4v) is 3.37. The van der Waals surface area contributed by atoms with Gasteiger partial charge in [-0.15, -0.1) is 11.6 Å². The van der Waals surface area contributed by atoms with Crippen molar-refractivity contribution in [2.24, 2.45) is 0 Å². The molecule has 2 unspecified atom stereocenters. The Hall–Kier alpha value is -0.870. The molecule has 104 valence electrons. The van der Waals surface area contributed by atoms with E-state index in [4.69, 9.17) is 11.6 Å². The first-order valence-corrected chi connectivity index (χ1v) is 7.69. The summed E-state index contributed by atoms with van der Waals surface area (Å²) in [5, 5.41) is 0. The van der Waals surface area contributed by atoms with Crippen LogP contribution in [0.1, 0.15) is 31.9 Å². The van der Waals surface area contributed by atoms with Crippen molar-refractivity contribution < 1.29 is 0 Å². The molecule has 0 radical (unpaired) electrons. The van der Waals surface area contributed by atoms with Gasteiger partial charge in [-0.05, 0) is 26.3 Å². The van der Waals surface area contributed by atoms with E-state index < -0.39 is 0 Å². The van der Waals surface area contributed by atoms with Gasteiger partial charge in [0.2, 0.25) is 0 Å². The molecule has 0 aliphatic carbocycles. The van der Waals surface area contributed by atoms with Crippen LogP contribution in [0.4, 0.5) is 5.82 Å². The Morgan fingerprint density at radius 1 is 1.26 bits per heavy atom. The number of rotatable bonds is 2. The van der Waals surface area contributed by atoms with Crippen LogP contribution in [0.15, 0.2) is 12.4 Å². The Labute approximate surface area is 119 Å². The molecule has 5 heteroatoms. The van der Waals surface area contributed by atoms with Crippen LogP contribution in [-0.4, -0.2) is 46.6 Å². The van der Waals surface area contributed by atoms with Crippen molar-refractivity contribution in [3.63, 3.8) is 0 Å². The number of halogens is 1. The maximum Gasteiger partial charge on any atom is 0.147 e. The molecule has 3 rings (SSSR count). The lowest BCUT2D eigenvalue weighted by Gasteiger charge is -2.47. The first-order valence-electron chi connectivity index (χ1n) is 7.15. The summed E-state index contributed by atoms with van der Waals surface area (Å²) in [6.07, 6.45) is 7.69. The van der Waals surface area contributed by atoms with Crippen LogP contribution in [0.25, 0.3) is 0 Å². The van der Waals surface area contributed by atoms with Gasteiger partial charge in [0.25, 0.3) is 0 Å². The van der Waals surface area contributed by atoms with Crippen LogP contribution < -0.4 is 4.90 Å². The van der Waals surface area contributed by atoms with E-state index in [1.165, 1.54) is 25.8 Å². The largest absolute Gasteiger partial charge is 0.350 e. The van der Waals surface area contributed by atoms with Crippen LogP contribution in [0.3, 0.4) is 0 Å². The lowest BCUT2D eigenvalue weighted by atomic mass is 9.97. The summed E-state index contributed by atoms with van der Waals surface area (Å²) in [5.74, 6) is 1.42. The fourth-order valence-electron chi connectivity index (χ4n) is 3.24. The molecule has 4 nitrogen and oxygen atoms in total. The summed E-state index contributed by atoms with van der Waals surface area (Å²) in [6.45, 7) is 5.77. The van der Waals surface area contributed by atoms with E-state index in [1.54, 1.807) is 6.20 Å². The van der Waals surface area contributed by atoms with Crippen LogP contribution in [0.2, 0.25) is 0 Å². The van der Waals surface area contributed by atoms with E-state index in [2.05, 4.69) is 26.7 Å². The summed E-state index contributed by atoms with van der Waals surface area (Å²) in [6, 6.07) is 1.20. The number of nitrogens with zero attached hydrogens (tertiary/aromatic N) is 4. The Morgan fingerprint density at radius 3 is 2.89 bits per heavy atom. The van der Waals surface area contributed by atoms with Gasteiger partial charge in [0.1, 0.15) is 5.82 Å². The molecule has 2 atom stereocenters. The molecular weight excluding hydrogens is 260 g/mol. The Balaban J connectivity index is 1.75. The lowest BCUT2D eigenvalue weighted by Crippen LogP contribution is -2.59. The predicted octanol–water partition coefficient (Wildman–Crippen LogP) is 2.28. The summed E-state index contributed by atoms with van der Waals surface area (Å²) in [5.41, 5.74) is 0.842. The van der Waals surface area contributed by atoms with Gasteiger partial charge in [-0.3, -0.25) is 9.88 Å². The van der Waals surface area contributed by atoms with Gasteiger partial charge in [0.05, 0.1) is 24.0 Å². The standard InChI is InChI=1S/C14H21ClN4/c1-11-9-18-5-3-2-4-13(18)10-19(11)14-8-16-12(6-15)7-17-14/h7-8,11,13H,2-6,9-10H2,1H3. The van der Waals surface area contributed by atoms with E-state index in [9.17, 15) is 0 Å². The second-order valence-corrected chi connectivity index (χ2v) is 5.91. The topological polar surface area (TPSA) is 32.3 Å². The molecule has 3 heterocycles. The van der Waals surface area contributed by atoms with Crippen molar-refractivity contribution in [2.75, 3.05) is 24.5 Å². The van der Waals surface area contributed by atoms with Gasteiger partial charge in [-0.25, -0.2) is 4.98 Å². The fraction of sp³-hybridized carbons (Fsp3) is 0.714. The Kier molecular flexibility index (Phi) is 3.89. The minimum absolute atomic E-state index is 0.430. The van der Waals surface area contributed by atoms with Crippen molar-refractivity contribution >= 4 is 17.4 Å². The first-order chi connectivity index (χ1) is 9.28. The average molecular weight is 281 g/mol. The van der Waals surface area contributed by atoms with Gasteiger partial charge < -0.3 is 4.90 Å². The van der Waals surface area contributed by atoms with E-state index in [0.717, 1.165) is 24.6 Å². The highest BCUT2D eigenvalue weighted by Gasteiger charge is 2.33. The van der Waals surface area contributed by atoms with Gasteiger partial charge in [-0.2, -0.15) is 0 Å². The van der Waals surface area contributed by atoms with Crippen molar-refractivity contribution in [1.29, 1.82) is 0 Å². The number of aromatic nitrogens is 2. The molecule has 19 heavy (non-hydrogen) atoms. The summed E-state index contributed by atoms with van der Waals surface area (Å²) >= 11 is 5.76. The molecule has 0 saturated carbocycles. The lowest BCUT2D eigenvalue weighted by molar-refractivity contribution is 0.115. The van der Waals surface area contributed by atoms with Gasteiger partial charge in [0.15, 0.2) is 0 Å². The van der Waals surface area contributed by atoms with E-state index in [0.29, 0.717) is 18.0 Å². The summed E-state index contributed by atoms with van der Waals surface area (Å²) < 4.78 is 0. The van der Waals surface area contributed by atoms with Gasteiger partial charge in [-0.1, -0.05) is 6.42 Å². The highest BCUT2D eigenvalue weighted by molar-refractivity contribution is 6.16. The Bertz CT molecular complexity index is 422. The number of hydrogen-bond acceptors (Lipinski definition) is 4. The number of anilines is 1. The van der Waals surface area contributed by atoms with Gasteiger partial charge >= 0.3 is 0 Å².